The maximum absolute atomic E-state index is 13.5. The van der Waals surface area contributed by atoms with Gasteiger partial charge in [0.25, 0.3) is 10.0 Å². The van der Waals surface area contributed by atoms with Crippen LogP contribution in [0.25, 0.3) is 0 Å². The second-order valence-corrected chi connectivity index (χ2v) is 5.94. The first kappa shape index (κ1) is 16.7. The number of benzene rings is 2. The molecule has 122 valence electrons. The van der Waals surface area contributed by atoms with Crippen LogP contribution >= 0.6 is 0 Å². The largest absolute Gasteiger partial charge is 0.545 e. The van der Waals surface area contributed by atoms with Gasteiger partial charge in [0, 0.05) is 5.56 Å². The third-order valence-corrected chi connectivity index (χ3v) is 4.11. The molecule has 5 nitrogen and oxygen atoms in total. The first-order valence-corrected chi connectivity index (χ1v) is 7.29. The maximum Gasteiger partial charge on any atom is 0.262 e. The fourth-order valence-corrected chi connectivity index (χ4v) is 2.72. The molecular weight excluding hydrogens is 342 g/mol. The van der Waals surface area contributed by atoms with E-state index in [0.717, 1.165) is 0 Å². The van der Waals surface area contributed by atoms with Crippen molar-refractivity contribution in [2.24, 2.45) is 0 Å². The second-order valence-electron chi connectivity index (χ2n) is 4.26. The zero-order chi connectivity index (χ0) is 17.4. The lowest BCUT2D eigenvalue weighted by Crippen LogP contribution is -2.24. The predicted molar refractivity (Wildman–Crippen MR) is 67.9 cm³/mol. The van der Waals surface area contributed by atoms with Gasteiger partial charge in [0.15, 0.2) is 17.5 Å². The Morgan fingerprint density at radius 3 is 2.17 bits per heavy atom. The van der Waals surface area contributed by atoms with E-state index in [1.807, 2.05) is 0 Å². The van der Waals surface area contributed by atoms with E-state index in [4.69, 9.17) is 0 Å². The lowest BCUT2D eigenvalue weighted by atomic mass is 10.2. The number of carboxylic acid groups (broad SMARTS) is 1. The smallest absolute Gasteiger partial charge is 0.262 e. The van der Waals surface area contributed by atoms with E-state index >= 15 is 0 Å². The van der Waals surface area contributed by atoms with Gasteiger partial charge in [0.2, 0.25) is 0 Å². The Hall–Kier alpha value is -2.62. The van der Waals surface area contributed by atoms with Crippen molar-refractivity contribution in [1.29, 1.82) is 0 Å². The molecule has 0 unspecified atom stereocenters. The molecule has 0 aliphatic rings. The van der Waals surface area contributed by atoms with Gasteiger partial charge in [-0.3, -0.25) is 4.72 Å². The van der Waals surface area contributed by atoms with Crippen molar-refractivity contribution in [3.05, 3.63) is 59.2 Å². The molecule has 2 rings (SSSR count). The van der Waals surface area contributed by atoms with Crippen LogP contribution in [-0.4, -0.2) is 14.4 Å². The summed E-state index contributed by atoms with van der Waals surface area (Å²) in [6.07, 6.45) is 0. The Morgan fingerprint density at radius 2 is 1.57 bits per heavy atom. The van der Waals surface area contributed by atoms with Gasteiger partial charge < -0.3 is 9.90 Å². The predicted octanol–water partition coefficient (Wildman–Crippen LogP) is 1.41. The van der Waals surface area contributed by atoms with Crippen molar-refractivity contribution in [3.8, 4) is 0 Å². The van der Waals surface area contributed by atoms with Crippen LogP contribution in [-0.2, 0) is 10.0 Å². The summed E-state index contributed by atoms with van der Waals surface area (Å²) in [5, 5.41) is 10.7. The molecule has 23 heavy (non-hydrogen) atoms. The normalized spacial score (nSPS) is 11.3. The van der Waals surface area contributed by atoms with Gasteiger partial charge in [-0.15, -0.1) is 0 Å². The highest BCUT2D eigenvalue weighted by atomic mass is 32.2. The molecule has 1 N–H and O–H groups in total. The Balaban J connectivity index is 2.46. The molecule has 0 saturated heterocycles. The van der Waals surface area contributed by atoms with Crippen molar-refractivity contribution < 1.29 is 35.9 Å². The van der Waals surface area contributed by atoms with Gasteiger partial charge in [-0.1, -0.05) is 0 Å². The molecule has 0 amide bonds. The number of rotatable bonds is 4. The molecule has 0 aliphatic carbocycles. The topological polar surface area (TPSA) is 86.3 Å². The SMILES string of the molecule is O=C([O-])c1cc(S(=O)(=O)Nc2ccc(F)c(F)c2F)ccc1F. The van der Waals surface area contributed by atoms with Gasteiger partial charge in [-0.2, -0.15) is 0 Å². The molecule has 0 spiro atoms. The molecule has 0 atom stereocenters. The summed E-state index contributed by atoms with van der Waals surface area (Å²) < 4.78 is 78.2. The first-order chi connectivity index (χ1) is 10.6. The zero-order valence-electron chi connectivity index (χ0n) is 10.9. The minimum atomic E-state index is -4.58. The summed E-state index contributed by atoms with van der Waals surface area (Å²) in [5.41, 5.74) is -1.93. The van der Waals surface area contributed by atoms with E-state index in [0.29, 0.717) is 30.3 Å². The van der Waals surface area contributed by atoms with Gasteiger partial charge in [-0.05, 0) is 30.3 Å². The number of anilines is 1. The summed E-state index contributed by atoms with van der Waals surface area (Å²) in [7, 11) is -4.58. The number of hydrogen-bond acceptors (Lipinski definition) is 4. The Labute approximate surface area is 127 Å². The number of halogens is 4. The fourth-order valence-electron chi connectivity index (χ4n) is 1.64. The standard InChI is InChI=1S/C13H7F4NO4S/c14-8-2-1-6(5-7(8)13(19)20)23(21,22)18-10-4-3-9(15)11(16)12(10)17/h1-5,18H,(H,19,20)/p-1. The average molecular weight is 348 g/mol. The van der Waals surface area contributed by atoms with Crippen LogP contribution in [0.4, 0.5) is 23.2 Å². The molecule has 0 bridgehead atoms. The summed E-state index contributed by atoms with van der Waals surface area (Å²) in [6, 6.07) is 2.84. The van der Waals surface area contributed by atoms with Crippen LogP contribution in [0.1, 0.15) is 10.4 Å². The van der Waals surface area contributed by atoms with Crippen LogP contribution < -0.4 is 9.83 Å². The number of aromatic carboxylic acids is 1. The first-order valence-electron chi connectivity index (χ1n) is 5.80. The van der Waals surface area contributed by atoms with E-state index in [1.54, 1.807) is 4.72 Å². The minimum absolute atomic E-state index is 0.449. The quantitative estimate of drug-likeness (QED) is 0.669. The molecule has 10 heteroatoms. The van der Waals surface area contributed by atoms with E-state index in [2.05, 4.69) is 0 Å². The summed E-state index contributed by atoms with van der Waals surface area (Å²) in [4.78, 5) is 9.94. The van der Waals surface area contributed by atoms with Crippen molar-refractivity contribution in [3.63, 3.8) is 0 Å². The minimum Gasteiger partial charge on any atom is -0.545 e. The molecule has 0 aliphatic heterocycles. The Morgan fingerprint density at radius 1 is 0.957 bits per heavy atom. The van der Waals surface area contributed by atoms with Crippen LogP contribution in [0.2, 0.25) is 0 Å². The highest BCUT2D eigenvalue weighted by molar-refractivity contribution is 7.92. The second kappa shape index (κ2) is 5.88. The number of nitrogens with one attached hydrogen (secondary N) is 1. The molecule has 0 saturated carbocycles. The maximum atomic E-state index is 13.5. The number of carboxylic acids is 1. The number of carbonyl (C=O) groups is 1. The van der Waals surface area contributed by atoms with E-state index in [-0.39, 0.29) is 0 Å². The molecule has 0 heterocycles. The van der Waals surface area contributed by atoms with Crippen LogP contribution in [0.3, 0.4) is 0 Å². The number of hydrogen-bond donors (Lipinski definition) is 1. The van der Waals surface area contributed by atoms with Crippen LogP contribution in [0.5, 0.6) is 0 Å². The molecule has 0 radical (unpaired) electrons. The van der Waals surface area contributed by atoms with E-state index in [9.17, 15) is 35.9 Å². The summed E-state index contributed by atoms with van der Waals surface area (Å²) >= 11 is 0. The molecule has 0 fully saturated rings. The van der Waals surface area contributed by atoms with Gasteiger partial charge >= 0.3 is 0 Å². The summed E-state index contributed by atoms with van der Waals surface area (Å²) in [5.74, 6) is -8.39. The lowest BCUT2D eigenvalue weighted by Gasteiger charge is -2.11. The highest BCUT2D eigenvalue weighted by Gasteiger charge is 2.21. The van der Waals surface area contributed by atoms with Crippen molar-refractivity contribution in [2.75, 3.05) is 4.72 Å². The van der Waals surface area contributed by atoms with E-state index in [1.165, 1.54) is 0 Å². The van der Waals surface area contributed by atoms with Gasteiger partial charge in [0.05, 0.1) is 16.6 Å². The molecular formula is C13H6F4NO4S-. The van der Waals surface area contributed by atoms with Crippen molar-refractivity contribution in [1.82, 2.24) is 0 Å². The molecule has 2 aromatic carbocycles. The Kier molecular flexibility index (Phi) is 4.28. The third kappa shape index (κ3) is 3.26. The molecule has 0 aromatic heterocycles. The van der Waals surface area contributed by atoms with E-state index < -0.39 is 55.4 Å². The number of carbonyl (C=O) groups excluding carboxylic acids is 1. The van der Waals surface area contributed by atoms with Gasteiger partial charge in [-0.25, -0.2) is 26.0 Å². The molecule has 2 aromatic rings. The lowest BCUT2D eigenvalue weighted by molar-refractivity contribution is -0.255. The fraction of sp³-hybridized carbons (Fsp3) is 0. The summed E-state index contributed by atoms with van der Waals surface area (Å²) in [6.45, 7) is 0. The zero-order valence-corrected chi connectivity index (χ0v) is 11.8. The number of sulfonamides is 1. The van der Waals surface area contributed by atoms with Gasteiger partial charge in [0.1, 0.15) is 5.82 Å². The monoisotopic (exact) mass is 348 g/mol. The van der Waals surface area contributed by atoms with Crippen LogP contribution in [0, 0.1) is 23.3 Å². The Bertz CT molecular complexity index is 899. The van der Waals surface area contributed by atoms with Crippen molar-refractivity contribution >= 4 is 21.7 Å². The third-order valence-electron chi connectivity index (χ3n) is 2.75. The van der Waals surface area contributed by atoms with Crippen LogP contribution in [0.15, 0.2) is 35.2 Å². The van der Waals surface area contributed by atoms with Crippen molar-refractivity contribution in [2.45, 2.75) is 4.90 Å². The average Bonchev–Trinajstić information content (AvgIpc) is 2.48. The highest BCUT2D eigenvalue weighted by Crippen LogP contribution is 2.23.